The summed E-state index contributed by atoms with van der Waals surface area (Å²) >= 11 is 1.02. The highest BCUT2D eigenvalue weighted by atomic mass is 32.1. The highest BCUT2D eigenvalue weighted by Gasteiger charge is 2.38. The number of hydrogen-bond acceptors (Lipinski definition) is 5. The Morgan fingerprint density at radius 2 is 2.04 bits per heavy atom. The summed E-state index contributed by atoms with van der Waals surface area (Å²) in [6.45, 7) is 2.17. The number of fused-ring (bicyclic) bond motifs is 2. The van der Waals surface area contributed by atoms with E-state index in [1.165, 1.54) is 0 Å². The summed E-state index contributed by atoms with van der Waals surface area (Å²) in [5, 5.41) is -0.121. The third kappa shape index (κ3) is 1.92. The topological polar surface area (TPSA) is 84.1 Å². The lowest BCUT2D eigenvalue weighted by Gasteiger charge is -2.46. The maximum absolute atomic E-state index is 15.5. The van der Waals surface area contributed by atoms with E-state index in [0.717, 1.165) is 30.4 Å². The van der Waals surface area contributed by atoms with Crippen LogP contribution in [0.3, 0.4) is 0 Å². The van der Waals surface area contributed by atoms with Crippen LogP contribution in [0.15, 0.2) is 15.7 Å². The molecule has 3 N–H and O–H groups in total. The van der Waals surface area contributed by atoms with Crippen LogP contribution in [0.25, 0.3) is 21.1 Å². The first-order valence-corrected chi connectivity index (χ1v) is 9.31. The average molecular weight is 378 g/mol. The van der Waals surface area contributed by atoms with Crippen LogP contribution >= 0.6 is 11.5 Å². The molecular weight excluding hydrogens is 362 g/mol. The minimum atomic E-state index is -0.806. The fraction of sp³-hybridized carbons (Fsp3) is 0.412. The number of aromatic nitrogens is 2. The van der Waals surface area contributed by atoms with Gasteiger partial charge in [0.1, 0.15) is 21.7 Å². The minimum Gasteiger partial charge on any atom is -0.361 e. The van der Waals surface area contributed by atoms with Gasteiger partial charge in [-0.15, -0.1) is 0 Å². The Morgan fingerprint density at radius 1 is 1.31 bits per heavy atom. The first-order chi connectivity index (χ1) is 12.4. The van der Waals surface area contributed by atoms with Crippen molar-refractivity contribution >= 4 is 38.3 Å². The predicted octanol–water partition coefficient (Wildman–Crippen LogP) is 2.05. The van der Waals surface area contributed by atoms with Crippen molar-refractivity contribution in [2.45, 2.75) is 37.9 Å². The second-order valence-corrected chi connectivity index (χ2v) is 7.91. The second-order valence-electron chi connectivity index (χ2n) is 7.12. The van der Waals surface area contributed by atoms with Gasteiger partial charge in [-0.3, -0.25) is 14.0 Å². The van der Waals surface area contributed by atoms with Crippen LogP contribution in [0.5, 0.6) is 0 Å². The van der Waals surface area contributed by atoms with Gasteiger partial charge in [0.05, 0.1) is 10.9 Å². The normalized spacial score (nSPS) is 23.0. The Kier molecular flexibility index (Phi) is 3.15. The van der Waals surface area contributed by atoms with E-state index in [-0.39, 0.29) is 40.1 Å². The smallest absolute Gasteiger partial charge is 0.271 e. The Hall–Kier alpha value is -2.26. The Labute approximate surface area is 150 Å². The molecule has 2 aromatic heterocycles. The van der Waals surface area contributed by atoms with Crippen molar-refractivity contribution in [2.75, 3.05) is 11.4 Å². The number of benzene rings is 1. The first-order valence-electron chi connectivity index (χ1n) is 8.49. The lowest BCUT2D eigenvalue weighted by atomic mass is 9.97. The van der Waals surface area contributed by atoms with Crippen LogP contribution < -0.4 is 21.6 Å². The molecule has 2 aliphatic rings. The van der Waals surface area contributed by atoms with Crippen molar-refractivity contribution in [2.24, 2.45) is 5.73 Å². The zero-order valence-corrected chi connectivity index (χ0v) is 14.7. The summed E-state index contributed by atoms with van der Waals surface area (Å²) in [7, 11) is 0. The van der Waals surface area contributed by atoms with Crippen LogP contribution in [0, 0.1) is 11.6 Å². The standard InChI is InChI=1S/C17H16F2N4O2S/c1-6-10(20)5-22(6)14-9(18)4-8-13(12(14)19)23(7-2-3-7)17-11(15(8)24)16(25)21-26-17/h4,6-7,10H,2-3,5,20H2,1H3,(H,21,25)/t6-,10+/m1/s1. The number of pyridine rings is 1. The molecule has 6 nitrogen and oxygen atoms in total. The van der Waals surface area contributed by atoms with E-state index in [9.17, 15) is 14.0 Å². The van der Waals surface area contributed by atoms with Gasteiger partial charge in [-0.2, -0.15) is 0 Å². The number of anilines is 1. The number of H-pyrrole nitrogens is 1. The SMILES string of the molecule is C[C@@H]1[C@@H](N)CN1c1c(F)cc2c(=O)c3c(=O)[nH]sc3n(C3CC3)c2c1F. The Balaban J connectivity index is 1.93. The highest BCUT2D eigenvalue weighted by molar-refractivity contribution is 7.12. The van der Waals surface area contributed by atoms with Gasteiger partial charge >= 0.3 is 0 Å². The van der Waals surface area contributed by atoms with Crippen molar-refractivity contribution in [1.29, 1.82) is 0 Å². The molecule has 1 saturated heterocycles. The molecule has 1 saturated carbocycles. The number of nitrogens with zero attached hydrogens (tertiary/aromatic N) is 2. The van der Waals surface area contributed by atoms with Crippen LogP contribution in [0.4, 0.5) is 14.5 Å². The molecular formula is C17H16F2N4O2S. The van der Waals surface area contributed by atoms with Crippen LogP contribution in [0.2, 0.25) is 0 Å². The van der Waals surface area contributed by atoms with Crippen molar-refractivity contribution < 1.29 is 8.78 Å². The third-order valence-corrected chi connectivity index (χ3v) is 6.38. The van der Waals surface area contributed by atoms with Gasteiger partial charge < -0.3 is 15.2 Å². The van der Waals surface area contributed by atoms with E-state index in [4.69, 9.17) is 5.73 Å². The molecule has 0 amide bonds. The van der Waals surface area contributed by atoms with E-state index in [1.54, 1.807) is 9.47 Å². The van der Waals surface area contributed by atoms with Gasteiger partial charge in [0.15, 0.2) is 5.82 Å². The van der Waals surface area contributed by atoms with Gasteiger partial charge in [0.2, 0.25) is 5.43 Å². The molecule has 0 spiro atoms. The predicted molar refractivity (Wildman–Crippen MR) is 97.2 cm³/mol. The summed E-state index contributed by atoms with van der Waals surface area (Å²) < 4.78 is 34.5. The maximum atomic E-state index is 15.5. The number of hydrogen-bond donors (Lipinski definition) is 2. The highest BCUT2D eigenvalue weighted by Crippen LogP contribution is 2.42. The molecule has 0 radical (unpaired) electrons. The summed E-state index contributed by atoms with van der Waals surface area (Å²) in [4.78, 5) is 26.8. The third-order valence-electron chi connectivity index (χ3n) is 5.50. The van der Waals surface area contributed by atoms with Crippen LogP contribution in [0.1, 0.15) is 25.8 Å². The summed E-state index contributed by atoms with van der Waals surface area (Å²) in [5.74, 6) is -1.57. The maximum Gasteiger partial charge on any atom is 0.271 e. The molecule has 2 fully saturated rings. The molecule has 9 heteroatoms. The van der Waals surface area contributed by atoms with Gasteiger partial charge in [0, 0.05) is 24.7 Å². The van der Waals surface area contributed by atoms with E-state index in [2.05, 4.69) is 4.37 Å². The van der Waals surface area contributed by atoms with Crippen LogP contribution in [-0.2, 0) is 0 Å². The molecule has 0 unspecified atom stereocenters. The quantitative estimate of drug-likeness (QED) is 0.715. The molecule has 1 aromatic carbocycles. The number of rotatable bonds is 2. The molecule has 2 atom stereocenters. The molecule has 0 bridgehead atoms. The van der Waals surface area contributed by atoms with E-state index in [0.29, 0.717) is 11.4 Å². The first kappa shape index (κ1) is 16.0. The fourth-order valence-corrected chi connectivity index (χ4v) is 4.70. The lowest BCUT2D eigenvalue weighted by Crippen LogP contribution is -2.63. The zero-order chi connectivity index (χ0) is 18.3. The van der Waals surface area contributed by atoms with Crippen molar-refractivity contribution in [1.82, 2.24) is 8.94 Å². The van der Waals surface area contributed by atoms with Crippen molar-refractivity contribution in [3.8, 4) is 0 Å². The number of nitrogens with two attached hydrogens (primary N) is 1. The number of nitrogens with one attached hydrogen (secondary N) is 1. The van der Waals surface area contributed by atoms with Gasteiger partial charge in [-0.25, -0.2) is 8.78 Å². The second kappa shape index (κ2) is 5.14. The zero-order valence-electron chi connectivity index (χ0n) is 13.9. The van der Waals surface area contributed by atoms with Gasteiger partial charge in [-0.05, 0) is 37.4 Å². The molecule has 3 heterocycles. The molecule has 26 heavy (non-hydrogen) atoms. The molecule has 1 aliphatic carbocycles. The van der Waals surface area contributed by atoms with Crippen LogP contribution in [-0.4, -0.2) is 27.6 Å². The molecule has 1 aliphatic heterocycles. The number of halogens is 2. The van der Waals surface area contributed by atoms with Crippen molar-refractivity contribution in [3.63, 3.8) is 0 Å². The Morgan fingerprint density at radius 3 is 2.65 bits per heavy atom. The van der Waals surface area contributed by atoms with Gasteiger partial charge in [-0.1, -0.05) is 0 Å². The average Bonchev–Trinajstić information content (AvgIpc) is 3.37. The fourth-order valence-electron chi connectivity index (χ4n) is 3.79. The van der Waals surface area contributed by atoms with E-state index >= 15 is 4.39 Å². The molecule has 3 aromatic rings. The van der Waals surface area contributed by atoms with Gasteiger partial charge in [0.25, 0.3) is 5.56 Å². The number of aromatic amines is 1. The largest absolute Gasteiger partial charge is 0.361 e. The van der Waals surface area contributed by atoms with E-state index < -0.39 is 22.6 Å². The summed E-state index contributed by atoms with van der Waals surface area (Å²) in [5.41, 5.74) is 4.65. The monoisotopic (exact) mass is 378 g/mol. The van der Waals surface area contributed by atoms with E-state index in [1.807, 2.05) is 6.92 Å². The minimum absolute atomic E-state index is 0.0101. The lowest BCUT2D eigenvalue weighted by molar-refractivity contribution is 0.392. The molecule has 136 valence electrons. The molecule has 5 rings (SSSR count). The summed E-state index contributed by atoms with van der Waals surface area (Å²) in [6, 6.07) is 0.732. The summed E-state index contributed by atoms with van der Waals surface area (Å²) in [6.07, 6.45) is 1.66. The Bertz CT molecular complexity index is 1190. The van der Waals surface area contributed by atoms with Crippen molar-refractivity contribution in [3.05, 3.63) is 38.3 Å².